The third-order valence-corrected chi connectivity index (χ3v) is 1.75. The van der Waals surface area contributed by atoms with Crippen LogP contribution in [-0.2, 0) is 6.54 Å². The van der Waals surface area contributed by atoms with Crippen LogP contribution in [0.15, 0.2) is 18.2 Å². The summed E-state index contributed by atoms with van der Waals surface area (Å²) in [5.41, 5.74) is 7.94. The summed E-state index contributed by atoms with van der Waals surface area (Å²) in [7, 11) is 0. The molecule has 0 aliphatic rings. The number of hydrogen-bond donors (Lipinski definition) is 1. The van der Waals surface area contributed by atoms with E-state index in [1.807, 2.05) is 12.1 Å². The van der Waals surface area contributed by atoms with Gasteiger partial charge in [-0.25, -0.2) is 0 Å². The second-order valence-electron chi connectivity index (χ2n) is 3.01. The Labute approximate surface area is 68.2 Å². The van der Waals surface area contributed by atoms with E-state index in [1.54, 1.807) is 0 Å². The van der Waals surface area contributed by atoms with Crippen molar-refractivity contribution in [2.24, 2.45) is 5.73 Å². The first-order valence-electron chi connectivity index (χ1n) is 3.94. The van der Waals surface area contributed by atoms with Gasteiger partial charge in [0.2, 0.25) is 0 Å². The highest BCUT2D eigenvalue weighted by Gasteiger charge is 1.98. The van der Waals surface area contributed by atoms with Crippen LogP contribution >= 0.6 is 0 Å². The Balaban J connectivity index is 2.91. The van der Waals surface area contributed by atoms with Gasteiger partial charge in [0.1, 0.15) is 0 Å². The summed E-state index contributed by atoms with van der Waals surface area (Å²) in [6.07, 6.45) is 0. The molecule has 11 heavy (non-hydrogen) atoms. The van der Waals surface area contributed by atoms with Crippen molar-refractivity contribution in [2.45, 2.75) is 26.3 Å². The summed E-state index contributed by atoms with van der Waals surface area (Å²) in [4.78, 5) is 0. The van der Waals surface area contributed by atoms with Crippen LogP contribution in [0.5, 0.6) is 0 Å². The molecular formula is C10H14N. The fourth-order valence-electron chi connectivity index (χ4n) is 0.995. The van der Waals surface area contributed by atoms with Crippen molar-refractivity contribution in [2.75, 3.05) is 0 Å². The quantitative estimate of drug-likeness (QED) is 0.682. The van der Waals surface area contributed by atoms with Crippen molar-refractivity contribution in [3.05, 3.63) is 35.4 Å². The second-order valence-corrected chi connectivity index (χ2v) is 3.01. The van der Waals surface area contributed by atoms with Crippen molar-refractivity contribution in [1.29, 1.82) is 0 Å². The minimum Gasteiger partial charge on any atom is -0.326 e. The van der Waals surface area contributed by atoms with Crippen LogP contribution in [-0.4, -0.2) is 0 Å². The van der Waals surface area contributed by atoms with E-state index in [4.69, 9.17) is 5.73 Å². The lowest BCUT2D eigenvalue weighted by atomic mass is 10.0. The van der Waals surface area contributed by atoms with Gasteiger partial charge in [-0.3, -0.25) is 0 Å². The first kappa shape index (κ1) is 8.28. The zero-order chi connectivity index (χ0) is 8.27. The molecule has 2 N–H and O–H groups in total. The standard InChI is InChI=1S/C10H14N/c1-8(2)10-5-3-4-9(6-10)7-11/h3-4,6,8H,7,11H2,1-2H3. The van der Waals surface area contributed by atoms with Crippen LogP contribution in [0.4, 0.5) is 0 Å². The Hall–Kier alpha value is -0.820. The van der Waals surface area contributed by atoms with E-state index in [0.717, 1.165) is 0 Å². The highest BCUT2D eigenvalue weighted by atomic mass is 14.5. The highest BCUT2D eigenvalue weighted by Crippen LogP contribution is 2.14. The normalized spacial score (nSPS) is 10.5. The van der Waals surface area contributed by atoms with E-state index in [1.165, 1.54) is 11.1 Å². The van der Waals surface area contributed by atoms with Gasteiger partial charge in [-0.05, 0) is 23.1 Å². The van der Waals surface area contributed by atoms with Gasteiger partial charge in [-0.2, -0.15) is 0 Å². The first-order chi connectivity index (χ1) is 5.24. The molecule has 1 heteroatoms. The maximum atomic E-state index is 5.50. The smallest absolute Gasteiger partial charge is 0.0178 e. The fraction of sp³-hybridized carbons (Fsp3) is 0.400. The van der Waals surface area contributed by atoms with Gasteiger partial charge in [-0.15, -0.1) is 0 Å². The van der Waals surface area contributed by atoms with Crippen LogP contribution in [0, 0.1) is 6.07 Å². The number of nitrogens with two attached hydrogens (primary N) is 1. The lowest BCUT2D eigenvalue weighted by molar-refractivity contribution is 0.859. The Kier molecular flexibility index (Phi) is 2.66. The van der Waals surface area contributed by atoms with Crippen molar-refractivity contribution >= 4 is 0 Å². The molecule has 0 heterocycles. The molecule has 1 aromatic rings. The molecule has 0 aliphatic carbocycles. The molecule has 0 aromatic heterocycles. The summed E-state index contributed by atoms with van der Waals surface area (Å²) < 4.78 is 0. The number of hydrogen-bond acceptors (Lipinski definition) is 1. The minimum atomic E-state index is 0.543. The molecule has 59 valence electrons. The zero-order valence-electron chi connectivity index (χ0n) is 7.09. The largest absolute Gasteiger partial charge is 0.326 e. The highest BCUT2D eigenvalue weighted by molar-refractivity contribution is 5.24. The first-order valence-corrected chi connectivity index (χ1v) is 3.94. The van der Waals surface area contributed by atoms with Crippen LogP contribution < -0.4 is 5.73 Å². The van der Waals surface area contributed by atoms with E-state index < -0.39 is 0 Å². The maximum absolute atomic E-state index is 5.50. The average molecular weight is 148 g/mol. The Morgan fingerprint density at radius 2 is 2.27 bits per heavy atom. The van der Waals surface area contributed by atoms with Gasteiger partial charge in [0.25, 0.3) is 0 Å². The lowest BCUT2D eigenvalue weighted by Gasteiger charge is -2.05. The number of rotatable bonds is 2. The van der Waals surface area contributed by atoms with Crippen LogP contribution in [0.25, 0.3) is 0 Å². The molecule has 0 bridgehead atoms. The number of benzene rings is 1. The molecule has 0 spiro atoms. The topological polar surface area (TPSA) is 26.0 Å². The fourth-order valence-corrected chi connectivity index (χ4v) is 0.995. The Morgan fingerprint density at radius 3 is 2.82 bits per heavy atom. The van der Waals surface area contributed by atoms with Crippen LogP contribution in [0.2, 0.25) is 0 Å². The van der Waals surface area contributed by atoms with Crippen molar-refractivity contribution in [1.82, 2.24) is 0 Å². The monoisotopic (exact) mass is 148 g/mol. The summed E-state index contributed by atoms with van der Waals surface area (Å²) in [5, 5.41) is 0. The predicted molar refractivity (Wildman–Crippen MR) is 47.3 cm³/mol. The molecular weight excluding hydrogens is 134 g/mol. The molecule has 0 unspecified atom stereocenters. The van der Waals surface area contributed by atoms with Crippen molar-refractivity contribution in [3.63, 3.8) is 0 Å². The molecule has 1 nitrogen and oxygen atoms in total. The summed E-state index contributed by atoms with van der Waals surface area (Å²) in [6.45, 7) is 4.94. The molecule has 1 aromatic carbocycles. The zero-order valence-corrected chi connectivity index (χ0v) is 7.09. The van der Waals surface area contributed by atoms with Gasteiger partial charge >= 0.3 is 0 Å². The summed E-state index contributed by atoms with van der Waals surface area (Å²) in [5.74, 6) is 0.543. The molecule has 0 saturated carbocycles. The Morgan fingerprint density at radius 1 is 1.55 bits per heavy atom. The summed E-state index contributed by atoms with van der Waals surface area (Å²) >= 11 is 0. The molecule has 0 aliphatic heterocycles. The molecule has 1 radical (unpaired) electrons. The third kappa shape index (κ3) is 2.05. The maximum Gasteiger partial charge on any atom is 0.0178 e. The summed E-state index contributed by atoms with van der Waals surface area (Å²) in [6, 6.07) is 9.25. The molecule has 0 fully saturated rings. The van der Waals surface area contributed by atoms with Gasteiger partial charge in [0, 0.05) is 6.54 Å². The van der Waals surface area contributed by atoms with E-state index in [-0.39, 0.29) is 0 Å². The second kappa shape index (κ2) is 3.54. The predicted octanol–water partition coefficient (Wildman–Crippen LogP) is 2.07. The van der Waals surface area contributed by atoms with Gasteiger partial charge in [0.05, 0.1) is 0 Å². The van der Waals surface area contributed by atoms with Crippen molar-refractivity contribution in [3.8, 4) is 0 Å². The van der Waals surface area contributed by atoms with Gasteiger partial charge < -0.3 is 5.73 Å². The van der Waals surface area contributed by atoms with Crippen molar-refractivity contribution < 1.29 is 0 Å². The van der Waals surface area contributed by atoms with Gasteiger partial charge in [-0.1, -0.05) is 32.0 Å². The van der Waals surface area contributed by atoms with Crippen LogP contribution in [0.1, 0.15) is 30.9 Å². The Bertz CT molecular complexity index is 228. The van der Waals surface area contributed by atoms with E-state index in [0.29, 0.717) is 12.5 Å². The van der Waals surface area contributed by atoms with E-state index in [9.17, 15) is 0 Å². The van der Waals surface area contributed by atoms with E-state index >= 15 is 0 Å². The molecule has 0 saturated heterocycles. The molecule has 0 amide bonds. The van der Waals surface area contributed by atoms with E-state index in [2.05, 4.69) is 26.0 Å². The average Bonchev–Trinajstić information content (AvgIpc) is 2.05. The SMILES string of the molecule is CC(C)c1[c]ccc(CN)c1. The van der Waals surface area contributed by atoms with Gasteiger partial charge in [0.15, 0.2) is 0 Å². The molecule has 1 rings (SSSR count). The van der Waals surface area contributed by atoms with Crippen LogP contribution in [0.3, 0.4) is 0 Å². The third-order valence-electron chi connectivity index (χ3n) is 1.75. The minimum absolute atomic E-state index is 0.543. The lowest BCUT2D eigenvalue weighted by Crippen LogP contribution is -1.97. The molecule has 0 atom stereocenters.